The van der Waals surface area contributed by atoms with Crippen LogP contribution in [0.1, 0.15) is 11.3 Å². The molecule has 0 aliphatic rings. The van der Waals surface area contributed by atoms with E-state index in [-0.39, 0.29) is 5.69 Å². The van der Waals surface area contributed by atoms with E-state index >= 15 is 0 Å². The fraction of sp³-hybridized carbons (Fsp3) is 0.167. The monoisotopic (exact) mass is 244 g/mol. The molecule has 92 valence electrons. The number of anilines is 1. The largest absolute Gasteiger partial charge is 0.373 e. The minimum absolute atomic E-state index is 0.0332. The highest BCUT2D eigenvalue weighted by Crippen LogP contribution is 2.21. The number of hydrogen-bond donors (Lipinski definition) is 1. The van der Waals surface area contributed by atoms with E-state index < -0.39 is 4.92 Å². The van der Waals surface area contributed by atoms with E-state index in [4.69, 9.17) is 0 Å². The molecule has 0 aromatic carbocycles. The van der Waals surface area contributed by atoms with Crippen molar-refractivity contribution in [2.75, 3.05) is 12.4 Å². The van der Waals surface area contributed by atoms with Gasteiger partial charge in [-0.25, -0.2) is 4.98 Å². The van der Waals surface area contributed by atoms with E-state index in [1.165, 1.54) is 6.07 Å². The molecule has 2 aromatic rings. The van der Waals surface area contributed by atoms with Crippen molar-refractivity contribution >= 4 is 11.5 Å². The Morgan fingerprint density at radius 1 is 1.28 bits per heavy atom. The Balaban J connectivity index is 2.38. The fourth-order valence-electron chi connectivity index (χ4n) is 1.62. The van der Waals surface area contributed by atoms with Crippen LogP contribution in [0.2, 0.25) is 0 Å². The lowest BCUT2D eigenvalue weighted by atomic mass is 10.1. The first-order valence-corrected chi connectivity index (χ1v) is 5.41. The summed E-state index contributed by atoms with van der Waals surface area (Å²) in [4.78, 5) is 18.7. The van der Waals surface area contributed by atoms with Gasteiger partial charge in [0.25, 0.3) is 5.69 Å². The summed E-state index contributed by atoms with van der Waals surface area (Å²) in [5.74, 6) is 0.615. The van der Waals surface area contributed by atoms with Gasteiger partial charge in [-0.2, -0.15) is 0 Å². The van der Waals surface area contributed by atoms with Crippen molar-refractivity contribution in [3.05, 3.63) is 58.0 Å². The summed E-state index contributed by atoms with van der Waals surface area (Å²) >= 11 is 0. The molecule has 0 unspecified atom stereocenters. The molecular weight excluding hydrogens is 232 g/mol. The highest BCUT2D eigenvalue weighted by atomic mass is 16.6. The number of nitrogens with zero attached hydrogens (tertiary/aromatic N) is 3. The highest BCUT2D eigenvalue weighted by molar-refractivity contribution is 5.46. The van der Waals surface area contributed by atoms with Gasteiger partial charge in [0.05, 0.1) is 4.92 Å². The standard InChI is InChI=1S/C12H12N4O2/c1-13-12-3-2-11(16(17)18)10(15-12)8-9-4-6-14-7-5-9/h2-7H,8H2,1H3,(H,13,15). The van der Waals surface area contributed by atoms with Gasteiger partial charge in [0.1, 0.15) is 11.5 Å². The molecule has 0 saturated carbocycles. The summed E-state index contributed by atoms with van der Waals surface area (Å²) in [7, 11) is 1.73. The molecule has 0 bridgehead atoms. The SMILES string of the molecule is CNc1ccc([N+](=O)[O-])c(Cc2ccncc2)n1. The predicted octanol–water partition coefficient (Wildman–Crippen LogP) is 2.02. The van der Waals surface area contributed by atoms with Gasteiger partial charge in [-0.15, -0.1) is 0 Å². The number of rotatable bonds is 4. The average molecular weight is 244 g/mol. The van der Waals surface area contributed by atoms with Crippen LogP contribution in [-0.2, 0) is 6.42 Å². The molecule has 0 spiro atoms. The first-order valence-electron chi connectivity index (χ1n) is 5.41. The Hall–Kier alpha value is -2.50. The number of hydrogen-bond acceptors (Lipinski definition) is 5. The van der Waals surface area contributed by atoms with Crippen molar-refractivity contribution < 1.29 is 4.92 Å². The summed E-state index contributed by atoms with van der Waals surface area (Å²) < 4.78 is 0. The second-order valence-corrected chi connectivity index (χ2v) is 3.70. The minimum atomic E-state index is -0.414. The van der Waals surface area contributed by atoms with Crippen molar-refractivity contribution in [3.8, 4) is 0 Å². The average Bonchev–Trinajstić information content (AvgIpc) is 2.39. The molecule has 0 saturated heterocycles. The van der Waals surface area contributed by atoms with Crippen LogP contribution < -0.4 is 5.32 Å². The zero-order chi connectivity index (χ0) is 13.0. The van der Waals surface area contributed by atoms with E-state index in [0.29, 0.717) is 17.9 Å². The van der Waals surface area contributed by atoms with E-state index in [2.05, 4.69) is 15.3 Å². The molecule has 1 N–H and O–H groups in total. The number of aromatic nitrogens is 2. The minimum Gasteiger partial charge on any atom is -0.373 e. The first kappa shape index (κ1) is 12.0. The molecule has 0 amide bonds. The molecule has 6 heteroatoms. The zero-order valence-electron chi connectivity index (χ0n) is 9.83. The van der Waals surface area contributed by atoms with E-state index in [1.807, 2.05) is 12.1 Å². The molecule has 2 heterocycles. The summed E-state index contributed by atoms with van der Waals surface area (Å²) in [6, 6.07) is 6.69. The summed E-state index contributed by atoms with van der Waals surface area (Å²) in [5.41, 5.74) is 1.41. The van der Waals surface area contributed by atoms with Gasteiger partial charge >= 0.3 is 0 Å². The van der Waals surface area contributed by atoms with Crippen molar-refractivity contribution in [1.29, 1.82) is 0 Å². The van der Waals surface area contributed by atoms with E-state index in [9.17, 15) is 10.1 Å². The van der Waals surface area contributed by atoms with Gasteiger partial charge in [-0.3, -0.25) is 15.1 Å². The van der Waals surface area contributed by atoms with Crippen LogP contribution in [0.4, 0.5) is 11.5 Å². The van der Waals surface area contributed by atoms with Crippen LogP contribution in [0.5, 0.6) is 0 Å². The number of nitrogens with one attached hydrogen (secondary N) is 1. The fourth-order valence-corrected chi connectivity index (χ4v) is 1.62. The number of nitro groups is 1. The van der Waals surface area contributed by atoms with Crippen LogP contribution >= 0.6 is 0 Å². The second-order valence-electron chi connectivity index (χ2n) is 3.70. The number of pyridine rings is 2. The van der Waals surface area contributed by atoms with Gasteiger partial charge in [-0.05, 0) is 23.8 Å². The molecule has 0 aliphatic carbocycles. The molecule has 18 heavy (non-hydrogen) atoms. The molecular formula is C12H12N4O2. The maximum absolute atomic E-state index is 10.9. The summed E-state index contributed by atoms with van der Waals surface area (Å²) in [6.07, 6.45) is 3.72. The summed E-state index contributed by atoms with van der Waals surface area (Å²) in [6.45, 7) is 0. The van der Waals surface area contributed by atoms with Crippen LogP contribution in [-0.4, -0.2) is 21.9 Å². The molecule has 0 atom stereocenters. The Kier molecular flexibility index (Phi) is 3.47. The van der Waals surface area contributed by atoms with Gasteiger partial charge in [-0.1, -0.05) is 0 Å². The van der Waals surface area contributed by atoms with Crippen molar-refractivity contribution in [1.82, 2.24) is 9.97 Å². The third-order valence-corrected chi connectivity index (χ3v) is 2.52. The van der Waals surface area contributed by atoms with Gasteiger partial charge < -0.3 is 5.32 Å². The summed E-state index contributed by atoms with van der Waals surface area (Å²) in [5, 5.41) is 13.8. The Morgan fingerprint density at radius 2 is 2.00 bits per heavy atom. The molecule has 6 nitrogen and oxygen atoms in total. The third-order valence-electron chi connectivity index (χ3n) is 2.52. The maximum atomic E-state index is 10.9. The molecule has 2 aromatic heterocycles. The van der Waals surface area contributed by atoms with Crippen LogP contribution in [0, 0.1) is 10.1 Å². The molecule has 0 radical (unpaired) electrons. The van der Waals surface area contributed by atoms with E-state index in [1.54, 1.807) is 25.5 Å². The lowest BCUT2D eigenvalue weighted by Crippen LogP contribution is -2.02. The lowest BCUT2D eigenvalue weighted by Gasteiger charge is -2.05. The van der Waals surface area contributed by atoms with Crippen molar-refractivity contribution in [3.63, 3.8) is 0 Å². The van der Waals surface area contributed by atoms with Crippen LogP contribution in [0.15, 0.2) is 36.7 Å². The Morgan fingerprint density at radius 3 is 2.61 bits per heavy atom. The smallest absolute Gasteiger partial charge is 0.291 e. The highest BCUT2D eigenvalue weighted by Gasteiger charge is 2.15. The lowest BCUT2D eigenvalue weighted by molar-refractivity contribution is -0.385. The Bertz CT molecular complexity index is 557. The van der Waals surface area contributed by atoms with Gasteiger partial charge in [0, 0.05) is 31.9 Å². The third kappa shape index (κ3) is 2.60. The van der Waals surface area contributed by atoms with Crippen LogP contribution in [0.3, 0.4) is 0 Å². The molecule has 0 fully saturated rings. The van der Waals surface area contributed by atoms with E-state index in [0.717, 1.165) is 5.56 Å². The molecule has 0 aliphatic heterocycles. The van der Waals surface area contributed by atoms with Crippen LogP contribution in [0.25, 0.3) is 0 Å². The normalized spacial score (nSPS) is 10.1. The quantitative estimate of drug-likeness (QED) is 0.657. The predicted molar refractivity (Wildman–Crippen MR) is 67.5 cm³/mol. The van der Waals surface area contributed by atoms with Crippen molar-refractivity contribution in [2.45, 2.75) is 6.42 Å². The maximum Gasteiger partial charge on any atom is 0.291 e. The van der Waals surface area contributed by atoms with Crippen molar-refractivity contribution in [2.24, 2.45) is 0 Å². The Labute approximate surface area is 104 Å². The topological polar surface area (TPSA) is 81.0 Å². The van der Waals surface area contributed by atoms with Gasteiger partial charge in [0.2, 0.25) is 0 Å². The molecule has 2 rings (SSSR count). The second kappa shape index (κ2) is 5.22. The van der Waals surface area contributed by atoms with Gasteiger partial charge in [0.15, 0.2) is 0 Å². The zero-order valence-corrected chi connectivity index (χ0v) is 9.83. The first-order chi connectivity index (χ1) is 8.70.